The van der Waals surface area contributed by atoms with E-state index in [4.69, 9.17) is 9.84 Å². The van der Waals surface area contributed by atoms with Crippen LogP contribution in [0.5, 0.6) is 5.75 Å². The first-order valence-electron chi connectivity index (χ1n) is 6.46. The number of aromatic carboxylic acids is 1. The highest BCUT2D eigenvalue weighted by Crippen LogP contribution is 2.29. The molecule has 1 saturated heterocycles. The van der Waals surface area contributed by atoms with Crippen molar-refractivity contribution in [3.05, 3.63) is 23.8 Å². The molecule has 1 fully saturated rings. The molecule has 1 aliphatic rings. The smallest absolute Gasteiger partial charge is 0.339 e. The highest BCUT2D eigenvalue weighted by molar-refractivity contribution is 7.89. The van der Waals surface area contributed by atoms with E-state index in [2.05, 4.69) is 0 Å². The molecule has 1 aromatic carbocycles. The van der Waals surface area contributed by atoms with Crippen LogP contribution in [0.1, 0.15) is 23.2 Å². The minimum absolute atomic E-state index is 0.0987. The summed E-state index contributed by atoms with van der Waals surface area (Å²) in [6.45, 7) is 0.0726. The third-order valence-corrected chi connectivity index (χ3v) is 5.49. The van der Waals surface area contributed by atoms with Crippen LogP contribution in [0.2, 0.25) is 0 Å². The summed E-state index contributed by atoms with van der Waals surface area (Å²) < 4.78 is 31.3. The Kier molecular flexibility index (Phi) is 4.50. The van der Waals surface area contributed by atoms with E-state index in [1.807, 2.05) is 0 Å². The fourth-order valence-corrected chi connectivity index (χ4v) is 4.17. The first-order chi connectivity index (χ1) is 9.91. The normalized spacial score (nSPS) is 19.6. The number of aliphatic hydroxyl groups is 1. The van der Waals surface area contributed by atoms with Gasteiger partial charge in [0.15, 0.2) is 0 Å². The van der Waals surface area contributed by atoms with Gasteiger partial charge in [0.05, 0.1) is 18.6 Å². The number of hydrogen-bond acceptors (Lipinski definition) is 5. The van der Waals surface area contributed by atoms with Gasteiger partial charge in [-0.1, -0.05) is 0 Å². The van der Waals surface area contributed by atoms with Crippen LogP contribution in [0.3, 0.4) is 0 Å². The molecule has 0 amide bonds. The summed E-state index contributed by atoms with van der Waals surface area (Å²) >= 11 is 0. The number of carboxylic acids is 1. The lowest BCUT2D eigenvalue weighted by atomic mass is 10.2. The number of hydrogen-bond donors (Lipinski definition) is 2. The Morgan fingerprint density at radius 3 is 2.76 bits per heavy atom. The van der Waals surface area contributed by atoms with E-state index in [-0.39, 0.29) is 22.8 Å². The number of carbonyl (C=O) groups is 1. The molecule has 116 valence electrons. The monoisotopic (exact) mass is 315 g/mol. The van der Waals surface area contributed by atoms with Crippen molar-refractivity contribution in [1.82, 2.24) is 4.31 Å². The maximum atomic E-state index is 12.6. The van der Waals surface area contributed by atoms with Crippen molar-refractivity contribution < 1.29 is 28.2 Å². The minimum Gasteiger partial charge on any atom is -0.496 e. The molecule has 21 heavy (non-hydrogen) atoms. The van der Waals surface area contributed by atoms with Gasteiger partial charge in [0.1, 0.15) is 11.3 Å². The molecule has 0 unspecified atom stereocenters. The van der Waals surface area contributed by atoms with Gasteiger partial charge in [-0.2, -0.15) is 4.31 Å². The van der Waals surface area contributed by atoms with Crippen LogP contribution < -0.4 is 4.74 Å². The summed E-state index contributed by atoms with van der Waals surface area (Å²) in [5.41, 5.74) is -0.210. The highest BCUT2D eigenvalue weighted by atomic mass is 32.2. The van der Waals surface area contributed by atoms with E-state index in [1.165, 1.54) is 23.5 Å². The van der Waals surface area contributed by atoms with E-state index < -0.39 is 22.0 Å². The highest BCUT2D eigenvalue weighted by Gasteiger charge is 2.35. The quantitative estimate of drug-likeness (QED) is 0.822. The third kappa shape index (κ3) is 2.87. The van der Waals surface area contributed by atoms with E-state index >= 15 is 0 Å². The molecule has 2 rings (SSSR count). The predicted molar refractivity (Wildman–Crippen MR) is 74.0 cm³/mol. The van der Waals surface area contributed by atoms with E-state index in [1.54, 1.807) is 0 Å². The maximum Gasteiger partial charge on any atom is 0.339 e. The lowest BCUT2D eigenvalue weighted by molar-refractivity contribution is 0.0693. The molecular weight excluding hydrogens is 298 g/mol. The van der Waals surface area contributed by atoms with Crippen molar-refractivity contribution in [3.63, 3.8) is 0 Å². The molecular formula is C13H17NO6S. The minimum atomic E-state index is -3.83. The van der Waals surface area contributed by atoms with Crippen LogP contribution >= 0.6 is 0 Å². The SMILES string of the molecule is COc1ccc(S(=O)(=O)N2CCC[C@H]2CO)cc1C(=O)O. The van der Waals surface area contributed by atoms with Gasteiger partial charge < -0.3 is 14.9 Å². The Balaban J connectivity index is 2.45. The topological polar surface area (TPSA) is 104 Å². The molecule has 2 N–H and O–H groups in total. The number of methoxy groups -OCH3 is 1. The number of ether oxygens (including phenoxy) is 1. The Morgan fingerprint density at radius 2 is 2.19 bits per heavy atom. The Morgan fingerprint density at radius 1 is 1.48 bits per heavy atom. The van der Waals surface area contributed by atoms with Crippen molar-refractivity contribution in [3.8, 4) is 5.75 Å². The molecule has 1 aliphatic heterocycles. The Bertz CT molecular complexity index is 642. The predicted octanol–water partition coefficient (Wildman–Crippen LogP) is 0.539. The lowest BCUT2D eigenvalue weighted by Gasteiger charge is -2.22. The van der Waals surface area contributed by atoms with Crippen LogP contribution in [0, 0.1) is 0 Å². The number of carboxylic acid groups (broad SMARTS) is 1. The van der Waals surface area contributed by atoms with E-state index in [0.29, 0.717) is 19.4 Å². The van der Waals surface area contributed by atoms with Gasteiger partial charge in [0, 0.05) is 12.6 Å². The average Bonchev–Trinajstić information content (AvgIpc) is 2.95. The van der Waals surface area contributed by atoms with Crippen LogP contribution in [0.15, 0.2) is 23.1 Å². The standard InChI is InChI=1S/C13H17NO6S/c1-20-12-5-4-10(7-11(12)13(16)17)21(18,19)14-6-2-3-9(14)8-15/h4-5,7,9,15H,2-3,6,8H2,1H3,(H,16,17)/t9-/m0/s1. The van der Waals surface area contributed by atoms with Crippen LogP contribution in [0.4, 0.5) is 0 Å². The Labute approximate surface area is 122 Å². The van der Waals surface area contributed by atoms with Gasteiger partial charge >= 0.3 is 5.97 Å². The molecule has 8 heteroatoms. The zero-order valence-corrected chi connectivity index (χ0v) is 12.3. The second-order valence-electron chi connectivity index (χ2n) is 4.76. The molecule has 0 spiro atoms. The summed E-state index contributed by atoms with van der Waals surface area (Å²) in [5.74, 6) is -1.16. The molecule has 0 aromatic heterocycles. The molecule has 0 bridgehead atoms. The molecule has 0 saturated carbocycles. The van der Waals surface area contributed by atoms with Crippen molar-refractivity contribution >= 4 is 16.0 Å². The zero-order valence-electron chi connectivity index (χ0n) is 11.5. The van der Waals surface area contributed by atoms with Crippen molar-refractivity contribution in [1.29, 1.82) is 0 Å². The van der Waals surface area contributed by atoms with E-state index in [9.17, 15) is 18.3 Å². The largest absolute Gasteiger partial charge is 0.496 e. The summed E-state index contributed by atoms with van der Waals surface area (Å²) in [6, 6.07) is 3.27. The number of nitrogens with zero attached hydrogens (tertiary/aromatic N) is 1. The second-order valence-corrected chi connectivity index (χ2v) is 6.65. The van der Waals surface area contributed by atoms with Gasteiger partial charge in [-0.3, -0.25) is 0 Å². The fraction of sp³-hybridized carbons (Fsp3) is 0.462. The summed E-state index contributed by atoms with van der Waals surface area (Å²) in [5, 5.41) is 18.4. The summed E-state index contributed by atoms with van der Waals surface area (Å²) in [7, 11) is -2.51. The van der Waals surface area contributed by atoms with Gasteiger partial charge in [-0.25, -0.2) is 13.2 Å². The van der Waals surface area contributed by atoms with Crippen LogP contribution in [-0.4, -0.2) is 55.2 Å². The summed E-state index contributed by atoms with van der Waals surface area (Å²) in [4.78, 5) is 11.1. The molecule has 1 atom stereocenters. The first-order valence-corrected chi connectivity index (χ1v) is 7.90. The Hall–Kier alpha value is -1.64. The van der Waals surface area contributed by atoms with E-state index in [0.717, 1.165) is 6.07 Å². The summed E-state index contributed by atoms with van der Waals surface area (Å²) in [6.07, 6.45) is 1.27. The van der Waals surface area contributed by atoms with Gasteiger partial charge in [-0.15, -0.1) is 0 Å². The third-order valence-electron chi connectivity index (χ3n) is 3.54. The van der Waals surface area contributed by atoms with Gasteiger partial charge in [0.25, 0.3) is 0 Å². The first kappa shape index (κ1) is 15.7. The van der Waals surface area contributed by atoms with Crippen molar-refractivity contribution in [2.45, 2.75) is 23.8 Å². The molecule has 1 heterocycles. The molecule has 0 aliphatic carbocycles. The number of benzene rings is 1. The fourth-order valence-electron chi connectivity index (χ4n) is 2.46. The van der Waals surface area contributed by atoms with Gasteiger partial charge in [0.2, 0.25) is 10.0 Å². The second kappa shape index (κ2) is 6.00. The zero-order chi connectivity index (χ0) is 15.6. The average molecular weight is 315 g/mol. The van der Waals surface area contributed by atoms with Crippen molar-refractivity contribution in [2.24, 2.45) is 0 Å². The molecule has 0 radical (unpaired) electrons. The van der Waals surface area contributed by atoms with Gasteiger partial charge in [-0.05, 0) is 31.0 Å². The molecule has 1 aromatic rings. The van der Waals surface area contributed by atoms with Crippen LogP contribution in [-0.2, 0) is 10.0 Å². The number of rotatable bonds is 5. The van der Waals surface area contributed by atoms with Crippen LogP contribution in [0.25, 0.3) is 0 Å². The lowest BCUT2D eigenvalue weighted by Crippen LogP contribution is -2.37. The molecule has 7 nitrogen and oxygen atoms in total. The number of sulfonamides is 1. The number of aliphatic hydroxyl groups excluding tert-OH is 1. The maximum absolute atomic E-state index is 12.6. The van der Waals surface area contributed by atoms with Crippen molar-refractivity contribution in [2.75, 3.05) is 20.3 Å².